The van der Waals surface area contributed by atoms with Crippen LogP contribution in [0.2, 0.25) is 0 Å². The van der Waals surface area contributed by atoms with Crippen LogP contribution in [0.1, 0.15) is 188 Å². The van der Waals surface area contributed by atoms with E-state index >= 15 is 0 Å². The molecule has 278 valence electrons. The molecule has 4 heteroatoms. The second-order valence-corrected chi connectivity index (χ2v) is 17.8. The number of carbonyl (C=O) groups excluding carboxylic acids is 2. The zero-order valence-electron chi connectivity index (χ0n) is 32.5. The van der Waals surface area contributed by atoms with Crippen molar-refractivity contribution in [2.45, 2.75) is 194 Å². The molecular weight excluding hydrogens is 601 g/mol. The molecule has 49 heavy (non-hydrogen) atoms. The third-order valence-corrected chi connectivity index (χ3v) is 14.7. The lowest BCUT2D eigenvalue weighted by molar-refractivity contribution is -0.128. The Labute approximate surface area is 303 Å². The molecule has 0 saturated heterocycles. The Balaban J connectivity index is 1.11. The molecule has 0 bridgehead atoms. The van der Waals surface area contributed by atoms with Crippen LogP contribution < -0.4 is 10.6 Å². The lowest BCUT2D eigenvalue weighted by Crippen LogP contribution is -2.55. The van der Waals surface area contributed by atoms with Gasteiger partial charge in [-0.3, -0.25) is 9.59 Å². The molecule has 4 rings (SSSR count). The molecule has 4 aliphatic carbocycles. The van der Waals surface area contributed by atoms with Gasteiger partial charge in [0.1, 0.15) is 0 Å². The fourth-order valence-corrected chi connectivity index (χ4v) is 11.8. The summed E-state index contributed by atoms with van der Waals surface area (Å²) in [7, 11) is 0. The van der Waals surface area contributed by atoms with Gasteiger partial charge in [0, 0.05) is 18.9 Å². The van der Waals surface area contributed by atoms with Gasteiger partial charge >= 0.3 is 0 Å². The Kier molecular flexibility index (Phi) is 16.6. The van der Waals surface area contributed by atoms with E-state index in [4.69, 9.17) is 6.42 Å². The van der Waals surface area contributed by atoms with Gasteiger partial charge in [-0.1, -0.05) is 97.1 Å². The number of terminal acetylenes is 1. The number of carbonyl (C=O) groups is 2. The summed E-state index contributed by atoms with van der Waals surface area (Å²) in [6, 6.07) is 0.383. The lowest BCUT2D eigenvalue weighted by Gasteiger charge is -2.61. The molecule has 9 atom stereocenters. The Morgan fingerprint density at radius 3 is 2.14 bits per heavy atom. The molecule has 0 aliphatic heterocycles. The Hall–Kier alpha value is -1.76. The van der Waals surface area contributed by atoms with Crippen LogP contribution >= 0.6 is 0 Å². The predicted octanol–water partition coefficient (Wildman–Crippen LogP) is 11.3. The summed E-state index contributed by atoms with van der Waals surface area (Å²) in [6.07, 6.45) is 41.0. The first kappa shape index (κ1) is 40.0. The predicted molar refractivity (Wildman–Crippen MR) is 207 cm³/mol. The minimum atomic E-state index is 0.106. The maximum Gasteiger partial charge on any atom is 0.220 e. The highest BCUT2D eigenvalue weighted by Gasteiger charge is 2.60. The van der Waals surface area contributed by atoms with Crippen LogP contribution in [0, 0.1) is 58.7 Å². The van der Waals surface area contributed by atoms with Gasteiger partial charge in [0.25, 0.3) is 0 Å². The van der Waals surface area contributed by atoms with E-state index in [9.17, 15) is 9.59 Å². The smallest absolute Gasteiger partial charge is 0.220 e. The third kappa shape index (κ3) is 11.1. The van der Waals surface area contributed by atoms with Gasteiger partial charge in [-0.25, -0.2) is 0 Å². The summed E-state index contributed by atoms with van der Waals surface area (Å²) >= 11 is 0. The second kappa shape index (κ2) is 20.3. The molecule has 0 aromatic rings. The zero-order valence-corrected chi connectivity index (χ0v) is 32.5. The Bertz CT molecular complexity index is 1080. The minimum absolute atomic E-state index is 0.106. The largest absolute Gasteiger partial charge is 0.353 e. The summed E-state index contributed by atoms with van der Waals surface area (Å²) in [5, 5.41) is 6.35. The number of hydrogen-bond acceptors (Lipinski definition) is 2. The standard InChI is InChI=1S/C45H76N2O2/c1-6-8-9-10-11-12-13-14-15-16-17-18-19-20-21-22-43(49)47-37-29-31-44(4)36(34-37)24-25-38-40-27-26-39(45(40,5)32-30-41(38)44)35(3)23-28-42(48)46-33-7-2/h2,14-15,35-41H,6,8-13,16-34H2,1,3-5H3,(H,46,48)(H,47,49)/b15-14-/t35-,36?,37+,38?,39-,40?,41?,44+,45-/m1/s1. The molecule has 2 N–H and O–H groups in total. The maximum atomic E-state index is 12.9. The van der Waals surface area contributed by atoms with Gasteiger partial charge in [0.15, 0.2) is 0 Å². The fraction of sp³-hybridized carbons (Fsp3) is 0.867. The summed E-state index contributed by atoms with van der Waals surface area (Å²) in [5.74, 6) is 7.55. The van der Waals surface area contributed by atoms with E-state index in [1.165, 1.54) is 128 Å². The molecule has 0 heterocycles. The maximum absolute atomic E-state index is 12.9. The van der Waals surface area contributed by atoms with Crippen LogP contribution in [-0.4, -0.2) is 24.4 Å². The third-order valence-electron chi connectivity index (χ3n) is 14.7. The monoisotopic (exact) mass is 677 g/mol. The average Bonchev–Trinajstić information content (AvgIpc) is 3.45. The number of nitrogens with one attached hydrogen (secondary N) is 2. The van der Waals surface area contributed by atoms with E-state index < -0.39 is 0 Å². The van der Waals surface area contributed by atoms with Crippen molar-refractivity contribution < 1.29 is 9.59 Å². The van der Waals surface area contributed by atoms with Crippen molar-refractivity contribution in [3.05, 3.63) is 12.2 Å². The van der Waals surface area contributed by atoms with Crippen molar-refractivity contribution in [3.63, 3.8) is 0 Å². The molecule has 0 aromatic carbocycles. The highest BCUT2D eigenvalue weighted by molar-refractivity contribution is 5.76. The Morgan fingerprint density at radius 1 is 0.776 bits per heavy atom. The van der Waals surface area contributed by atoms with E-state index in [1.54, 1.807) is 0 Å². The van der Waals surface area contributed by atoms with Gasteiger partial charge in [-0.2, -0.15) is 0 Å². The number of rotatable bonds is 21. The summed E-state index contributed by atoms with van der Waals surface area (Å²) in [6.45, 7) is 10.3. The van der Waals surface area contributed by atoms with E-state index in [1.807, 2.05) is 0 Å². The highest BCUT2D eigenvalue weighted by atomic mass is 16.2. The number of fused-ring (bicyclic) bond motifs is 5. The normalized spacial score (nSPS) is 32.9. The van der Waals surface area contributed by atoms with Crippen molar-refractivity contribution in [2.24, 2.45) is 46.3 Å². The number of allylic oxidation sites excluding steroid dienone is 2. The van der Waals surface area contributed by atoms with Gasteiger partial charge in [-0.15, -0.1) is 6.42 Å². The number of hydrogen-bond donors (Lipinski definition) is 2. The van der Waals surface area contributed by atoms with Crippen LogP contribution in [0.3, 0.4) is 0 Å². The molecule has 0 radical (unpaired) electrons. The van der Waals surface area contributed by atoms with E-state index in [-0.39, 0.29) is 5.91 Å². The first-order chi connectivity index (χ1) is 23.7. The van der Waals surface area contributed by atoms with E-state index in [0.29, 0.717) is 48.1 Å². The average molecular weight is 677 g/mol. The van der Waals surface area contributed by atoms with Gasteiger partial charge in [-0.05, 0) is 143 Å². The SMILES string of the molecule is C#CCNC(=O)CC[C@@H](C)[C@H]1CCC2C3CCC4C[C@@H](NC(=O)CCCCCCC/C=C\CCCCCCCC)CC[C@]4(C)C3CC[C@@]21C. The van der Waals surface area contributed by atoms with Crippen LogP contribution in [0.4, 0.5) is 0 Å². The Morgan fingerprint density at radius 2 is 1.43 bits per heavy atom. The van der Waals surface area contributed by atoms with Crippen molar-refractivity contribution in [1.82, 2.24) is 10.6 Å². The first-order valence-electron chi connectivity index (χ1n) is 21.4. The zero-order chi connectivity index (χ0) is 35.1. The second-order valence-electron chi connectivity index (χ2n) is 17.8. The molecule has 0 aromatic heterocycles. The minimum Gasteiger partial charge on any atom is -0.353 e. The molecule has 0 spiro atoms. The van der Waals surface area contributed by atoms with Crippen LogP contribution in [0.15, 0.2) is 12.2 Å². The van der Waals surface area contributed by atoms with E-state index in [0.717, 1.165) is 48.9 Å². The molecular formula is C45H76N2O2. The van der Waals surface area contributed by atoms with Crippen molar-refractivity contribution in [1.29, 1.82) is 0 Å². The molecule has 4 aliphatic rings. The van der Waals surface area contributed by atoms with Gasteiger partial charge in [0.05, 0.1) is 6.54 Å². The summed E-state index contributed by atoms with van der Waals surface area (Å²) in [4.78, 5) is 25.2. The molecule has 4 fully saturated rings. The van der Waals surface area contributed by atoms with Crippen LogP contribution in [0.5, 0.6) is 0 Å². The summed E-state index contributed by atoms with van der Waals surface area (Å²) in [5.41, 5.74) is 0.863. The molecule has 4 nitrogen and oxygen atoms in total. The first-order valence-corrected chi connectivity index (χ1v) is 21.4. The lowest BCUT2D eigenvalue weighted by atomic mass is 9.44. The molecule has 2 amide bonds. The fourth-order valence-electron chi connectivity index (χ4n) is 11.8. The molecule has 4 unspecified atom stereocenters. The van der Waals surface area contributed by atoms with Crippen LogP contribution in [-0.2, 0) is 9.59 Å². The number of amides is 2. The van der Waals surface area contributed by atoms with Gasteiger partial charge in [0.2, 0.25) is 11.8 Å². The van der Waals surface area contributed by atoms with Crippen LogP contribution in [0.25, 0.3) is 0 Å². The van der Waals surface area contributed by atoms with Crippen molar-refractivity contribution >= 4 is 11.8 Å². The quantitative estimate of drug-likeness (QED) is 0.0722. The van der Waals surface area contributed by atoms with E-state index in [2.05, 4.69) is 56.4 Å². The summed E-state index contributed by atoms with van der Waals surface area (Å²) < 4.78 is 0. The highest BCUT2D eigenvalue weighted by Crippen LogP contribution is 2.68. The van der Waals surface area contributed by atoms with Crippen molar-refractivity contribution in [3.8, 4) is 12.3 Å². The topological polar surface area (TPSA) is 58.2 Å². The molecule has 4 saturated carbocycles. The van der Waals surface area contributed by atoms with Gasteiger partial charge < -0.3 is 10.6 Å². The number of unbranched alkanes of at least 4 members (excludes halogenated alkanes) is 11. The van der Waals surface area contributed by atoms with Crippen molar-refractivity contribution in [2.75, 3.05) is 6.54 Å².